The molecule has 5 heteroatoms. The molecule has 0 spiro atoms. The summed E-state index contributed by atoms with van der Waals surface area (Å²) in [6.45, 7) is 9.04. The van der Waals surface area contributed by atoms with E-state index in [1.54, 1.807) is 0 Å². The van der Waals surface area contributed by atoms with Crippen LogP contribution in [0.1, 0.15) is 17.4 Å². The molecule has 2 aliphatic heterocycles. The Morgan fingerprint density at radius 1 is 1.37 bits per heavy atom. The monoisotopic (exact) mass is 262 g/mol. The largest absolute Gasteiger partial charge is 0.344 e. The van der Waals surface area contributed by atoms with Gasteiger partial charge in [0.15, 0.2) is 0 Å². The van der Waals surface area contributed by atoms with Crippen LogP contribution >= 0.6 is 0 Å². The molecule has 0 unspecified atom stereocenters. The quantitative estimate of drug-likeness (QED) is 0.848. The van der Waals surface area contributed by atoms with E-state index in [1.165, 1.54) is 0 Å². The second kappa shape index (κ2) is 5.35. The number of aromatic nitrogens is 1. The zero-order valence-electron chi connectivity index (χ0n) is 11.5. The van der Waals surface area contributed by atoms with Crippen molar-refractivity contribution in [2.45, 2.75) is 19.5 Å². The number of rotatable bonds is 3. The first-order valence-electron chi connectivity index (χ1n) is 7.18. The Morgan fingerprint density at radius 3 is 2.79 bits per heavy atom. The number of carbonyl (C=O) groups excluding carboxylic acids is 1. The van der Waals surface area contributed by atoms with Gasteiger partial charge in [0.1, 0.15) is 5.69 Å². The number of carbonyl (C=O) groups is 1. The molecule has 1 aromatic heterocycles. The van der Waals surface area contributed by atoms with Crippen molar-refractivity contribution in [3.8, 4) is 0 Å². The molecular formula is C14H22N4O. The molecule has 0 radical (unpaired) electrons. The van der Waals surface area contributed by atoms with Gasteiger partial charge in [0, 0.05) is 58.1 Å². The summed E-state index contributed by atoms with van der Waals surface area (Å²) in [6.07, 6.45) is 1.97. The third-order valence-electron chi connectivity index (χ3n) is 4.21. The SMILES string of the molecule is CCn1cccc1C(=O)N1CC(N2CCNCC2)C1. The molecule has 19 heavy (non-hydrogen) atoms. The van der Waals surface area contributed by atoms with Crippen LogP contribution in [0.2, 0.25) is 0 Å². The van der Waals surface area contributed by atoms with Crippen molar-refractivity contribution in [3.63, 3.8) is 0 Å². The Hall–Kier alpha value is -1.33. The van der Waals surface area contributed by atoms with E-state index < -0.39 is 0 Å². The lowest BCUT2D eigenvalue weighted by Crippen LogP contribution is -2.64. The van der Waals surface area contributed by atoms with Gasteiger partial charge in [-0.25, -0.2) is 0 Å². The van der Waals surface area contributed by atoms with Gasteiger partial charge in [0.05, 0.1) is 0 Å². The van der Waals surface area contributed by atoms with Crippen LogP contribution in [0.3, 0.4) is 0 Å². The van der Waals surface area contributed by atoms with Crippen molar-refractivity contribution in [2.75, 3.05) is 39.3 Å². The molecule has 1 N–H and O–H groups in total. The van der Waals surface area contributed by atoms with Gasteiger partial charge in [0.25, 0.3) is 5.91 Å². The number of aryl methyl sites for hydroxylation is 1. The highest BCUT2D eigenvalue weighted by atomic mass is 16.2. The normalized spacial score (nSPS) is 21.4. The van der Waals surface area contributed by atoms with Gasteiger partial charge in [-0.3, -0.25) is 9.69 Å². The number of piperazine rings is 1. The summed E-state index contributed by atoms with van der Waals surface area (Å²) in [4.78, 5) is 16.8. The predicted molar refractivity (Wildman–Crippen MR) is 74.2 cm³/mol. The van der Waals surface area contributed by atoms with Crippen LogP contribution in [-0.2, 0) is 6.54 Å². The van der Waals surface area contributed by atoms with Gasteiger partial charge in [-0.05, 0) is 19.1 Å². The standard InChI is InChI=1S/C14H22N4O/c1-2-16-7-3-4-13(16)14(19)18-10-12(11-18)17-8-5-15-6-9-17/h3-4,7,12,15H,2,5-6,8-11H2,1H3. The van der Waals surface area contributed by atoms with Crippen LogP contribution in [0.25, 0.3) is 0 Å². The summed E-state index contributed by atoms with van der Waals surface area (Å²) in [7, 11) is 0. The molecule has 0 bridgehead atoms. The van der Waals surface area contributed by atoms with E-state index in [9.17, 15) is 4.79 Å². The van der Waals surface area contributed by atoms with Crippen molar-refractivity contribution in [1.82, 2.24) is 19.7 Å². The van der Waals surface area contributed by atoms with Crippen LogP contribution in [0.15, 0.2) is 18.3 Å². The van der Waals surface area contributed by atoms with Crippen LogP contribution in [0.4, 0.5) is 0 Å². The number of likely N-dealkylation sites (tertiary alicyclic amines) is 1. The van der Waals surface area contributed by atoms with Crippen LogP contribution in [0.5, 0.6) is 0 Å². The molecule has 3 rings (SSSR count). The number of nitrogens with one attached hydrogen (secondary N) is 1. The first kappa shape index (κ1) is 12.7. The Balaban J connectivity index is 1.56. The van der Waals surface area contributed by atoms with Crippen LogP contribution in [-0.4, -0.2) is 65.6 Å². The molecular weight excluding hydrogens is 240 g/mol. The van der Waals surface area contributed by atoms with Gasteiger partial charge >= 0.3 is 0 Å². The predicted octanol–water partition coefficient (Wildman–Crippen LogP) is 0.238. The van der Waals surface area contributed by atoms with Crippen molar-refractivity contribution in [1.29, 1.82) is 0 Å². The van der Waals surface area contributed by atoms with Crippen molar-refractivity contribution in [2.24, 2.45) is 0 Å². The molecule has 2 fully saturated rings. The van der Waals surface area contributed by atoms with Crippen molar-refractivity contribution in [3.05, 3.63) is 24.0 Å². The van der Waals surface area contributed by atoms with E-state index in [0.29, 0.717) is 6.04 Å². The minimum Gasteiger partial charge on any atom is -0.344 e. The lowest BCUT2D eigenvalue weighted by atomic mass is 10.1. The fraction of sp³-hybridized carbons (Fsp3) is 0.643. The summed E-state index contributed by atoms with van der Waals surface area (Å²) in [5.74, 6) is 0.179. The molecule has 3 heterocycles. The van der Waals surface area contributed by atoms with Gasteiger partial charge in [-0.15, -0.1) is 0 Å². The summed E-state index contributed by atoms with van der Waals surface area (Å²) >= 11 is 0. The molecule has 0 aromatic carbocycles. The highest BCUT2D eigenvalue weighted by Gasteiger charge is 2.36. The van der Waals surface area contributed by atoms with Crippen molar-refractivity contribution < 1.29 is 4.79 Å². The molecule has 1 amide bonds. The van der Waals surface area contributed by atoms with E-state index in [1.807, 2.05) is 27.8 Å². The Labute approximate surface area is 114 Å². The van der Waals surface area contributed by atoms with E-state index in [4.69, 9.17) is 0 Å². The van der Waals surface area contributed by atoms with E-state index in [0.717, 1.165) is 51.5 Å². The fourth-order valence-corrected chi connectivity index (χ4v) is 2.95. The maximum atomic E-state index is 12.4. The van der Waals surface area contributed by atoms with E-state index in [2.05, 4.69) is 17.1 Å². The van der Waals surface area contributed by atoms with Crippen LogP contribution in [0, 0.1) is 0 Å². The molecule has 5 nitrogen and oxygen atoms in total. The Morgan fingerprint density at radius 2 is 2.11 bits per heavy atom. The minimum atomic E-state index is 0.179. The fourth-order valence-electron chi connectivity index (χ4n) is 2.95. The van der Waals surface area contributed by atoms with Crippen LogP contribution < -0.4 is 5.32 Å². The first-order valence-corrected chi connectivity index (χ1v) is 7.18. The number of hydrogen-bond acceptors (Lipinski definition) is 3. The van der Waals surface area contributed by atoms with E-state index >= 15 is 0 Å². The van der Waals surface area contributed by atoms with E-state index in [-0.39, 0.29) is 5.91 Å². The third-order valence-corrected chi connectivity index (χ3v) is 4.21. The van der Waals surface area contributed by atoms with Gasteiger partial charge < -0.3 is 14.8 Å². The highest BCUT2D eigenvalue weighted by molar-refractivity contribution is 5.93. The smallest absolute Gasteiger partial charge is 0.270 e. The Kier molecular flexibility index (Phi) is 3.57. The highest BCUT2D eigenvalue weighted by Crippen LogP contribution is 2.18. The zero-order chi connectivity index (χ0) is 13.2. The van der Waals surface area contributed by atoms with Crippen molar-refractivity contribution >= 4 is 5.91 Å². The summed E-state index contributed by atoms with van der Waals surface area (Å²) in [6, 6.07) is 4.44. The molecule has 0 atom stereocenters. The lowest BCUT2D eigenvalue weighted by Gasteiger charge is -2.46. The molecule has 0 saturated carbocycles. The number of nitrogens with zero attached hydrogens (tertiary/aromatic N) is 3. The average molecular weight is 262 g/mol. The maximum absolute atomic E-state index is 12.4. The summed E-state index contributed by atoms with van der Waals surface area (Å²) in [5, 5.41) is 3.36. The average Bonchev–Trinajstić information content (AvgIpc) is 2.86. The second-order valence-corrected chi connectivity index (χ2v) is 5.33. The molecule has 2 aliphatic rings. The summed E-state index contributed by atoms with van der Waals surface area (Å²) < 4.78 is 2.01. The second-order valence-electron chi connectivity index (χ2n) is 5.33. The summed E-state index contributed by atoms with van der Waals surface area (Å²) in [5.41, 5.74) is 0.821. The first-order chi connectivity index (χ1) is 9.29. The Bertz CT molecular complexity index is 444. The van der Waals surface area contributed by atoms with Gasteiger partial charge in [0.2, 0.25) is 0 Å². The molecule has 1 aromatic rings. The zero-order valence-corrected chi connectivity index (χ0v) is 11.5. The molecule has 2 saturated heterocycles. The third kappa shape index (κ3) is 2.40. The topological polar surface area (TPSA) is 40.5 Å². The van der Waals surface area contributed by atoms with Gasteiger partial charge in [-0.1, -0.05) is 0 Å². The van der Waals surface area contributed by atoms with Gasteiger partial charge in [-0.2, -0.15) is 0 Å². The minimum absolute atomic E-state index is 0.179. The molecule has 0 aliphatic carbocycles. The maximum Gasteiger partial charge on any atom is 0.270 e. The number of amides is 1. The lowest BCUT2D eigenvalue weighted by molar-refractivity contribution is 0.0219. The molecule has 104 valence electrons. The number of hydrogen-bond donors (Lipinski definition) is 1.